The minimum atomic E-state index is -3.79. The van der Waals surface area contributed by atoms with Gasteiger partial charge in [-0.25, -0.2) is 0 Å². The maximum Gasteiger partial charge on any atom is 0.283 e. The van der Waals surface area contributed by atoms with Crippen molar-refractivity contribution in [1.29, 1.82) is 0 Å². The Hall–Kier alpha value is -2.48. The van der Waals surface area contributed by atoms with Crippen LogP contribution in [0.3, 0.4) is 0 Å². The van der Waals surface area contributed by atoms with Gasteiger partial charge in [0.25, 0.3) is 10.0 Å². The summed E-state index contributed by atoms with van der Waals surface area (Å²) in [6.45, 7) is 1.78. The van der Waals surface area contributed by atoms with Crippen LogP contribution in [-0.4, -0.2) is 42.6 Å². The van der Waals surface area contributed by atoms with Crippen LogP contribution in [0.25, 0.3) is 26.6 Å². The Morgan fingerprint density at radius 1 is 1.11 bits per heavy atom. The smallest absolute Gasteiger partial charge is 0.283 e. The number of likely N-dealkylation sites (N-methyl/N-ethyl adjacent to an activating group) is 1. The number of rotatable bonds is 3. The lowest BCUT2D eigenvalue weighted by molar-refractivity contribution is 0.370. The molecule has 0 unspecified atom stereocenters. The van der Waals surface area contributed by atoms with Gasteiger partial charge in [-0.1, -0.05) is 24.3 Å². The zero-order chi connectivity index (χ0) is 19.3. The van der Waals surface area contributed by atoms with E-state index >= 15 is 0 Å². The Balaban J connectivity index is 1.70. The number of fused-ring (bicyclic) bond motifs is 2. The highest BCUT2D eigenvalue weighted by molar-refractivity contribution is 7.90. The van der Waals surface area contributed by atoms with Crippen molar-refractivity contribution in [2.75, 3.05) is 20.1 Å². The summed E-state index contributed by atoms with van der Waals surface area (Å²) in [4.78, 5) is 2.49. The molecule has 2 aromatic heterocycles. The van der Waals surface area contributed by atoms with E-state index in [1.807, 2.05) is 41.8 Å². The Kier molecular flexibility index (Phi) is 4.12. The fourth-order valence-electron chi connectivity index (χ4n) is 3.65. The fourth-order valence-corrected chi connectivity index (χ4v) is 5.74. The second kappa shape index (κ2) is 6.55. The zero-order valence-corrected chi connectivity index (χ0v) is 17.0. The highest BCUT2D eigenvalue weighted by Crippen LogP contribution is 2.31. The molecule has 0 fully saturated rings. The normalized spacial score (nSPS) is 16.0. The third kappa shape index (κ3) is 2.78. The van der Waals surface area contributed by atoms with Crippen molar-refractivity contribution >= 4 is 47.9 Å². The standard InChI is InChI=1S/C21H19N3O2S2/c1-23-11-8-15(9-12-23)21-18-4-2-3-5-19(18)24(22-21)28(25,26)17-6-7-20-16(14-17)10-13-27-20/h2-8,10,13-14H,9,11-12H2,1H3. The van der Waals surface area contributed by atoms with Crippen LogP contribution in [0.5, 0.6) is 0 Å². The lowest BCUT2D eigenvalue weighted by atomic mass is 10.0. The summed E-state index contributed by atoms with van der Waals surface area (Å²) in [6, 6.07) is 14.7. The van der Waals surface area contributed by atoms with E-state index in [9.17, 15) is 8.42 Å². The molecule has 0 aliphatic carbocycles. The van der Waals surface area contributed by atoms with Crippen LogP contribution < -0.4 is 0 Å². The molecule has 0 atom stereocenters. The first-order valence-corrected chi connectivity index (χ1v) is 11.4. The first-order chi connectivity index (χ1) is 13.5. The Morgan fingerprint density at radius 2 is 1.96 bits per heavy atom. The molecule has 1 aliphatic heterocycles. The highest BCUT2D eigenvalue weighted by Gasteiger charge is 2.25. The van der Waals surface area contributed by atoms with Gasteiger partial charge in [-0.2, -0.15) is 17.6 Å². The molecule has 142 valence electrons. The largest absolute Gasteiger partial charge is 0.302 e. The number of hydrogen-bond acceptors (Lipinski definition) is 5. The molecule has 1 aliphatic rings. The van der Waals surface area contributed by atoms with E-state index in [4.69, 9.17) is 0 Å². The number of thiophene rings is 1. The molecule has 4 aromatic rings. The van der Waals surface area contributed by atoms with E-state index in [2.05, 4.69) is 23.1 Å². The minimum Gasteiger partial charge on any atom is -0.302 e. The number of hydrogen-bond donors (Lipinski definition) is 0. The molecule has 28 heavy (non-hydrogen) atoms. The lowest BCUT2D eigenvalue weighted by Gasteiger charge is -2.21. The summed E-state index contributed by atoms with van der Waals surface area (Å²) in [7, 11) is -1.71. The van der Waals surface area contributed by atoms with E-state index in [1.165, 1.54) is 4.09 Å². The van der Waals surface area contributed by atoms with Crippen molar-refractivity contribution in [2.45, 2.75) is 11.3 Å². The second-order valence-corrected chi connectivity index (χ2v) is 9.79. The van der Waals surface area contributed by atoms with Crippen LogP contribution in [-0.2, 0) is 10.0 Å². The number of benzene rings is 2. The molecular weight excluding hydrogens is 390 g/mol. The second-order valence-electron chi connectivity index (χ2n) is 7.08. The van der Waals surface area contributed by atoms with E-state index in [0.29, 0.717) is 5.52 Å². The molecular formula is C21H19N3O2S2. The first kappa shape index (κ1) is 17.6. The lowest BCUT2D eigenvalue weighted by Crippen LogP contribution is -2.24. The summed E-state index contributed by atoms with van der Waals surface area (Å²) in [5.41, 5.74) is 2.49. The molecule has 0 amide bonds. The zero-order valence-electron chi connectivity index (χ0n) is 15.4. The summed E-state index contributed by atoms with van der Waals surface area (Å²) >= 11 is 1.60. The van der Waals surface area contributed by atoms with Crippen molar-refractivity contribution in [3.63, 3.8) is 0 Å². The van der Waals surface area contributed by atoms with Gasteiger partial charge in [-0.15, -0.1) is 11.3 Å². The molecule has 0 radical (unpaired) electrons. The monoisotopic (exact) mass is 409 g/mol. The predicted octanol–water partition coefficient (Wildman–Crippen LogP) is 4.21. The molecule has 0 spiro atoms. The van der Waals surface area contributed by atoms with Gasteiger partial charge in [-0.3, -0.25) is 0 Å². The molecule has 0 saturated carbocycles. The van der Waals surface area contributed by atoms with Gasteiger partial charge in [0.15, 0.2) is 0 Å². The van der Waals surface area contributed by atoms with Crippen molar-refractivity contribution in [3.05, 3.63) is 65.7 Å². The van der Waals surface area contributed by atoms with Crippen molar-refractivity contribution < 1.29 is 8.42 Å². The Labute approximate surface area is 167 Å². The first-order valence-electron chi connectivity index (χ1n) is 9.12. The molecule has 5 nitrogen and oxygen atoms in total. The Bertz CT molecular complexity index is 1330. The molecule has 3 heterocycles. The van der Waals surface area contributed by atoms with Crippen LogP contribution in [0.15, 0.2) is 64.9 Å². The maximum atomic E-state index is 13.4. The van der Waals surface area contributed by atoms with Gasteiger partial charge < -0.3 is 4.90 Å². The van der Waals surface area contributed by atoms with Crippen LogP contribution in [0.2, 0.25) is 0 Å². The molecule has 0 N–H and O–H groups in total. The minimum absolute atomic E-state index is 0.260. The summed E-state index contributed by atoms with van der Waals surface area (Å²) < 4.78 is 29.1. The number of nitrogens with zero attached hydrogens (tertiary/aromatic N) is 3. The summed E-state index contributed by atoms with van der Waals surface area (Å²) in [5, 5.41) is 8.37. The third-order valence-electron chi connectivity index (χ3n) is 5.22. The Morgan fingerprint density at radius 3 is 2.79 bits per heavy atom. The van der Waals surface area contributed by atoms with Gasteiger partial charge in [0.05, 0.1) is 16.1 Å². The quantitative estimate of drug-likeness (QED) is 0.509. The van der Waals surface area contributed by atoms with Crippen molar-refractivity contribution in [2.24, 2.45) is 0 Å². The SMILES string of the molecule is CN1CC=C(c2nn(S(=O)(=O)c3ccc4sccc4c3)c3ccccc23)CC1. The number of aromatic nitrogens is 2. The topological polar surface area (TPSA) is 55.2 Å². The van der Waals surface area contributed by atoms with Crippen LogP contribution in [0.4, 0.5) is 0 Å². The van der Waals surface area contributed by atoms with Gasteiger partial charge in [0.1, 0.15) is 0 Å². The van der Waals surface area contributed by atoms with Gasteiger partial charge in [-0.05, 0) is 60.1 Å². The average molecular weight is 410 g/mol. The van der Waals surface area contributed by atoms with E-state index in [0.717, 1.165) is 46.2 Å². The van der Waals surface area contributed by atoms with E-state index in [1.54, 1.807) is 23.5 Å². The van der Waals surface area contributed by atoms with Gasteiger partial charge >= 0.3 is 0 Å². The molecule has 2 aromatic carbocycles. The summed E-state index contributed by atoms with van der Waals surface area (Å²) in [5.74, 6) is 0. The van der Waals surface area contributed by atoms with Crippen LogP contribution in [0.1, 0.15) is 12.1 Å². The van der Waals surface area contributed by atoms with Crippen LogP contribution in [0, 0.1) is 0 Å². The molecule has 7 heteroatoms. The average Bonchev–Trinajstić information content (AvgIpc) is 3.33. The maximum absolute atomic E-state index is 13.4. The van der Waals surface area contributed by atoms with Crippen LogP contribution >= 0.6 is 11.3 Å². The predicted molar refractivity (Wildman–Crippen MR) is 114 cm³/mol. The van der Waals surface area contributed by atoms with E-state index < -0.39 is 10.0 Å². The molecule has 0 saturated heterocycles. The molecule has 5 rings (SSSR count). The van der Waals surface area contributed by atoms with Crippen molar-refractivity contribution in [3.8, 4) is 0 Å². The van der Waals surface area contributed by atoms with E-state index in [-0.39, 0.29) is 4.90 Å². The fraction of sp³-hybridized carbons (Fsp3) is 0.190. The van der Waals surface area contributed by atoms with Gasteiger partial charge in [0.2, 0.25) is 0 Å². The summed E-state index contributed by atoms with van der Waals surface area (Å²) in [6.07, 6.45) is 3.01. The third-order valence-corrected chi connectivity index (χ3v) is 7.70. The molecule has 0 bridgehead atoms. The number of para-hydroxylation sites is 1. The van der Waals surface area contributed by atoms with Gasteiger partial charge in [0, 0.05) is 23.2 Å². The van der Waals surface area contributed by atoms with Crippen molar-refractivity contribution in [1.82, 2.24) is 14.1 Å². The highest BCUT2D eigenvalue weighted by atomic mass is 32.2.